The third-order valence-electron chi connectivity index (χ3n) is 2.96. The Morgan fingerprint density at radius 3 is 2.50 bits per heavy atom. The van der Waals surface area contributed by atoms with Gasteiger partial charge in [-0.25, -0.2) is 10.7 Å². The van der Waals surface area contributed by atoms with Crippen LogP contribution in [0.4, 0.5) is 4.39 Å². The van der Waals surface area contributed by atoms with Crippen molar-refractivity contribution in [3.05, 3.63) is 59.4 Å². The van der Waals surface area contributed by atoms with Gasteiger partial charge in [-0.3, -0.25) is 12.7 Å². The van der Waals surface area contributed by atoms with Crippen LogP contribution >= 0.6 is 0 Å². The zero-order valence-electron chi connectivity index (χ0n) is 10.6. The molecule has 18 heavy (non-hydrogen) atoms. The molecule has 0 saturated carbocycles. The highest BCUT2D eigenvalue weighted by atomic mass is 19.1. The first kappa shape index (κ1) is 12.7. The molecule has 0 aliphatic carbocycles. The molecule has 0 atom stereocenters. The molecule has 2 aromatic rings. The lowest BCUT2D eigenvalue weighted by molar-refractivity contribution is 0.414. The van der Waals surface area contributed by atoms with Crippen molar-refractivity contribution in [3.63, 3.8) is 0 Å². The maximum atomic E-state index is 13.1. The van der Waals surface area contributed by atoms with Gasteiger partial charge in [0, 0.05) is 0 Å². The lowest BCUT2D eigenvalue weighted by Crippen LogP contribution is -2.20. The van der Waals surface area contributed by atoms with E-state index in [1.54, 1.807) is 19.2 Å². The van der Waals surface area contributed by atoms with E-state index < -0.39 is 0 Å². The molecule has 0 aliphatic heterocycles. The Morgan fingerprint density at radius 2 is 1.83 bits per heavy atom. The fourth-order valence-corrected chi connectivity index (χ4v) is 1.82. The minimum absolute atomic E-state index is 0.193. The zero-order chi connectivity index (χ0) is 13.0. The first-order chi connectivity index (χ1) is 8.69. The highest BCUT2D eigenvalue weighted by Gasteiger charge is 1.93. The number of benzene rings is 2. The molecule has 2 rings (SSSR count). The molecule has 0 saturated heterocycles. The van der Waals surface area contributed by atoms with E-state index in [1.807, 2.05) is 38.5 Å². The van der Waals surface area contributed by atoms with Crippen molar-refractivity contribution in [3.8, 4) is 5.75 Å². The number of halogens is 1. The molecule has 0 aliphatic rings. The summed E-state index contributed by atoms with van der Waals surface area (Å²) in [6.45, 7) is 1.99. The van der Waals surface area contributed by atoms with Gasteiger partial charge in [0.2, 0.25) is 0 Å². The zero-order valence-corrected chi connectivity index (χ0v) is 10.6. The van der Waals surface area contributed by atoms with Crippen LogP contribution in [0, 0.1) is 12.7 Å². The van der Waals surface area contributed by atoms with Crippen molar-refractivity contribution < 1.29 is 9.13 Å². The Labute approximate surface area is 108 Å². The second-order valence-electron chi connectivity index (χ2n) is 4.26. The standard InChI is InChI=1S/C15H15BFO/c1-11-3-6-13(17)9-15(11)16-10-12-4-7-14(18-2)8-5-12/h3-9H,10H2,1-2H3/q-1. The van der Waals surface area contributed by atoms with Crippen LogP contribution in [0.5, 0.6) is 5.75 Å². The Balaban J connectivity index is 2.04. The molecule has 0 N–H and O–H groups in total. The van der Waals surface area contributed by atoms with Crippen LogP contribution in [0.2, 0.25) is 0 Å². The van der Waals surface area contributed by atoms with Gasteiger partial charge in [-0.1, -0.05) is 35.4 Å². The van der Waals surface area contributed by atoms with E-state index >= 15 is 0 Å². The molecule has 3 heteroatoms. The number of hydrogen-bond donors (Lipinski definition) is 0. The van der Waals surface area contributed by atoms with Gasteiger partial charge in [0.25, 0.3) is 0 Å². The number of rotatable bonds is 4. The summed E-state index contributed by atoms with van der Waals surface area (Å²) in [5, 5.41) is 0. The smallest absolute Gasteiger partial charge is 0.119 e. The third-order valence-corrected chi connectivity index (χ3v) is 2.96. The van der Waals surface area contributed by atoms with Gasteiger partial charge in [0.1, 0.15) is 11.6 Å². The van der Waals surface area contributed by atoms with Gasteiger partial charge < -0.3 is 4.74 Å². The molecule has 92 valence electrons. The lowest BCUT2D eigenvalue weighted by Gasteiger charge is -2.19. The van der Waals surface area contributed by atoms with E-state index in [1.165, 1.54) is 11.6 Å². The summed E-state index contributed by atoms with van der Waals surface area (Å²) in [6, 6.07) is 12.8. The molecule has 0 spiro atoms. The molecule has 0 amide bonds. The predicted octanol–water partition coefficient (Wildman–Crippen LogP) is 2.67. The Hall–Kier alpha value is -1.77. The molecule has 0 aromatic heterocycles. The van der Waals surface area contributed by atoms with Crippen LogP contribution in [-0.4, -0.2) is 14.4 Å². The lowest BCUT2D eigenvalue weighted by atomic mass is 9.64. The van der Waals surface area contributed by atoms with Gasteiger partial charge in [-0.15, -0.1) is 0 Å². The molecule has 2 radical (unpaired) electrons. The number of ether oxygens (including phenoxy) is 1. The first-order valence-electron chi connectivity index (χ1n) is 5.91. The van der Waals surface area contributed by atoms with Crippen molar-refractivity contribution in [2.75, 3.05) is 7.11 Å². The van der Waals surface area contributed by atoms with Gasteiger partial charge >= 0.3 is 0 Å². The summed E-state index contributed by atoms with van der Waals surface area (Å²) < 4.78 is 18.2. The van der Waals surface area contributed by atoms with E-state index in [4.69, 9.17) is 4.74 Å². The van der Waals surface area contributed by atoms with E-state index in [0.29, 0.717) is 0 Å². The van der Waals surface area contributed by atoms with Crippen molar-refractivity contribution >= 4 is 12.7 Å². The average molecular weight is 241 g/mol. The summed E-state index contributed by atoms with van der Waals surface area (Å²) in [6.07, 6.45) is 0.786. The van der Waals surface area contributed by atoms with Gasteiger partial charge in [-0.2, -0.15) is 0 Å². The molecular formula is C15H15BFO-. The highest BCUT2D eigenvalue weighted by molar-refractivity contribution is 6.53. The number of hydrogen-bond acceptors (Lipinski definition) is 1. The number of methoxy groups -OCH3 is 1. The Kier molecular flexibility index (Phi) is 4.03. The molecule has 0 fully saturated rings. The molecule has 0 bridgehead atoms. The summed E-state index contributed by atoms with van der Waals surface area (Å²) in [5.41, 5.74) is 3.22. The topological polar surface area (TPSA) is 9.23 Å². The monoisotopic (exact) mass is 241 g/mol. The molecule has 0 heterocycles. The molecule has 1 nitrogen and oxygen atoms in total. The Morgan fingerprint density at radius 1 is 1.11 bits per heavy atom. The predicted molar refractivity (Wildman–Crippen MR) is 73.2 cm³/mol. The van der Waals surface area contributed by atoms with Crippen LogP contribution in [0.15, 0.2) is 42.5 Å². The second kappa shape index (κ2) is 5.72. The third kappa shape index (κ3) is 3.13. The minimum atomic E-state index is -0.193. The van der Waals surface area contributed by atoms with Crippen LogP contribution < -0.4 is 10.2 Å². The summed E-state index contributed by atoms with van der Waals surface area (Å²) >= 11 is 0. The van der Waals surface area contributed by atoms with E-state index in [9.17, 15) is 4.39 Å². The van der Waals surface area contributed by atoms with Crippen molar-refractivity contribution in [2.24, 2.45) is 0 Å². The average Bonchev–Trinajstić information content (AvgIpc) is 2.40. The summed E-state index contributed by atoms with van der Waals surface area (Å²) in [7, 11) is 3.69. The normalized spacial score (nSPS) is 10.4. The van der Waals surface area contributed by atoms with Gasteiger partial charge in [0.05, 0.1) is 7.11 Å². The van der Waals surface area contributed by atoms with Gasteiger partial charge in [0.15, 0.2) is 0 Å². The van der Waals surface area contributed by atoms with E-state index in [2.05, 4.69) is 0 Å². The van der Waals surface area contributed by atoms with Crippen molar-refractivity contribution in [1.82, 2.24) is 0 Å². The maximum Gasteiger partial charge on any atom is 0.119 e. The Bertz CT molecular complexity index is 523. The van der Waals surface area contributed by atoms with Crippen LogP contribution in [0.25, 0.3) is 0 Å². The quantitative estimate of drug-likeness (QED) is 0.748. The second-order valence-corrected chi connectivity index (χ2v) is 4.26. The molecular weight excluding hydrogens is 226 g/mol. The fraction of sp³-hybridized carbons (Fsp3) is 0.200. The first-order valence-corrected chi connectivity index (χ1v) is 5.91. The SMILES string of the molecule is COc1ccc(C[B-]c2cc(F)ccc2C)cc1. The maximum absolute atomic E-state index is 13.1. The fourth-order valence-electron chi connectivity index (χ4n) is 1.82. The molecule has 2 aromatic carbocycles. The molecule has 0 unspecified atom stereocenters. The van der Waals surface area contributed by atoms with Crippen LogP contribution in [0.3, 0.4) is 0 Å². The van der Waals surface area contributed by atoms with Crippen LogP contribution in [0.1, 0.15) is 11.1 Å². The van der Waals surface area contributed by atoms with Crippen molar-refractivity contribution in [1.29, 1.82) is 0 Å². The largest absolute Gasteiger partial charge is 0.497 e. The highest BCUT2D eigenvalue weighted by Crippen LogP contribution is 2.11. The van der Waals surface area contributed by atoms with E-state index in [-0.39, 0.29) is 5.82 Å². The summed E-state index contributed by atoms with van der Waals surface area (Å²) in [5.74, 6) is 0.655. The number of aryl methyl sites for hydroxylation is 1. The summed E-state index contributed by atoms with van der Waals surface area (Å²) in [4.78, 5) is 0. The van der Waals surface area contributed by atoms with Crippen molar-refractivity contribution in [2.45, 2.75) is 13.2 Å². The van der Waals surface area contributed by atoms with Gasteiger partial charge in [-0.05, 0) is 25.1 Å². The van der Waals surface area contributed by atoms with E-state index in [0.717, 1.165) is 23.1 Å². The van der Waals surface area contributed by atoms with Crippen LogP contribution in [-0.2, 0) is 6.32 Å². The minimum Gasteiger partial charge on any atom is -0.497 e.